The van der Waals surface area contributed by atoms with Gasteiger partial charge in [-0.15, -0.1) is 0 Å². The van der Waals surface area contributed by atoms with Gasteiger partial charge in [0.15, 0.2) is 0 Å². The molecule has 0 saturated heterocycles. The van der Waals surface area contributed by atoms with Crippen LogP contribution >= 0.6 is 0 Å². The van der Waals surface area contributed by atoms with Gasteiger partial charge >= 0.3 is 0 Å². The first-order valence-electron chi connectivity index (χ1n) is 6.88. The highest BCUT2D eigenvalue weighted by atomic mass is 32.2. The van der Waals surface area contributed by atoms with E-state index >= 15 is 0 Å². The van der Waals surface area contributed by atoms with Crippen molar-refractivity contribution in [1.82, 2.24) is 5.32 Å². The number of primary sulfonamides is 1. The van der Waals surface area contributed by atoms with E-state index in [2.05, 4.69) is 5.32 Å². The van der Waals surface area contributed by atoms with Gasteiger partial charge in [-0.2, -0.15) is 0 Å². The van der Waals surface area contributed by atoms with Crippen molar-refractivity contribution in [3.05, 3.63) is 65.0 Å². The lowest BCUT2D eigenvalue weighted by molar-refractivity contribution is 0.565. The molecule has 2 aromatic carbocycles. The molecule has 6 heteroatoms. The molecule has 2 aromatic rings. The molecule has 0 aromatic heterocycles. The third kappa shape index (κ3) is 4.13. The summed E-state index contributed by atoms with van der Waals surface area (Å²) in [7, 11) is -3.72. The van der Waals surface area contributed by atoms with Crippen molar-refractivity contribution in [2.75, 3.05) is 0 Å². The zero-order valence-corrected chi connectivity index (χ0v) is 13.3. The van der Waals surface area contributed by atoms with Crippen LogP contribution in [-0.2, 0) is 16.6 Å². The second-order valence-corrected chi connectivity index (χ2v) is 6.85. The number of hydrogen-bond donors (Lipinski definition) is 2. The van der Waals surface area contributed by atoms with Crippen molar-refractivity contribution in [2.45, 2.75) is 31.3 Å². The summed E-state index contributed by atoms with van der Waals surface area (Å²) in [5, 5.41) is 8.40. The SMILES string of the molecule is Cc1ccc(F)cc1CN[C@@H](C)c1cccc(S(N)(=O)=O)c1. The van der Waals surface area contributed by atoms with Crippen LogP contribution in [0, 0.1) is 12.7 Å². The second-order valence-electron chi connectivity index (χ2n) is 5.29. The third-order valence-corrected chi connectivity index (χ3v) is 4.51. The molecule has 4 nitrogen and oxygen atoms in total. The lowest BCUT2D eigenvalue weighted by Crippen LogP contribution is -2.19. The van der Waals surface area contributed by atoms with E-state index in [-0.39, 0.29) is 16.8 Å². The summed E-state index contributed by atoms with van der Waals surface area (Å²) < 4.78 is 36.0. The fourth-order valence-electron chi connectivity index (χ4n) is 2.17. The summed E-state index contributed by atoms with van der Waals surface area (Å²) in [6.45, 7) is 4.32. The van der Waals surface area contributed by atoms with Gasteiger partial charge < -0.3 is 5.32 Å². The van der Waals surface area contributed by atoms with Gasteiger partial charge in [0.05, 0.1) is 4.90 Å². The van der Waals surface area contributed by atoms with E-state index in [1.54, 1.807) is 18.2 Å². The molecule has 3 N–H and O–H groups in total. The Morgan fingerprint density at radius 1 is 1.23 bits per heavy atom. The van der Waals surface area contributed by atoms with E-state index in [0.717, 1.165) is 16.7 Å². The Morgan fingerprint density at radius 2 is 1.95 bits per heavy atom. The molecule has 0 aliphatic rings. The summed E-state index contributed by atoms with van der Waals surface area (Å²) in [5.74, 6) is -0.272. The number of halogens is 1. The predicted molar refractivity (Wildman–Crippen MR) is 84.2 cm³/mol. The van der Waals surface area contributed by atoms with Crippen LogP contribution in [0.2, 0.25) is 0 Å². The molecule has 0 heterocycles. The average molecular weight is 322 g/mol. The van der Waals surface area contributed by atoms with E-state index < -0.39 is 10.0 Å². The van der Waals surface area contributed by atoms with Crippen LogP contribution in [0.25, 0.3) is 0 Å². The van der Waals surface area contributed by atoms with Crippen molar-refractivity contribution in [2.24, 2.45) is 5.14 Å². The van der Waals surface area contributed by atoms with Crippen molar-refractivity contribution in [3.63, 3.8) is 0 Å². The quantitative estimate of drug-likeness (QED) is 0.889. The molecule has 1 atom stereocenters. The van der Waals surface area contributed by atoms with Crippen LogP contribution in [0.3, 0.4) is 0 Å². The Labute approximate surface area is 130 Å². The number of nitrogens with one attached hydrogen (secondary N) is 1. The summed E-state index contributed by atoms with van der Waals surface area (Å²) in [4.78, 5) is 0.0839. The number of sulfonamides is 1. The monoisotopic (exact) mass is 322 g/mol. The molecule has 0 radical (unpaired) electrons. The van der Waals surface area contributed by atoms with E-state index in [1.807, 2.05) is 19.9 Å². The van der Waals surface area contributed by atoms with Crippen molar-refractivity contribution < 1.29 is 12.8 Å². The Balaban J connectivity index is 2.13. The number of benzene rings is 2. The van der Waals surface area contributed by atoms with Gasteiger partial charge in [0, 0.05) is 12.6 Å². The van der Waals surface area contributed by atoms with Gasteiger partial charge in [-0.25, -0.2) is 17.9 Å². The highest BCUT2D eigenvalue weighted by molar-refractivity contribution is 7.89. The molecule has 22 heavy (non-hydrogen) atoms. The fraction of sp³-hybridized carbons (Fsp3) is 0.250. The highest BCUT2D eigenvalue weighted by Gasteiger charge is 2.11. The van der Waals surface area contributed by atoms with Crippen LogP contribution in [0.15, 0.2) is 47.4 Å². The van der Waals surface area contributed by atoms with E-state index in [9.17, 15) is 12.8 Å². The van der Waals surface area contributed by atoms with Crippen molar-refractivity contribution in [1.29, 1.82) is 0 Å². The Morgan fingerprint density at radius 3 is 2.64 bits per heavy atom. The first-order chi connectivity index (χ1) is 10.3. The molecular weight excluding hydrogens is 303 g/mol. The zero-order valence-electron chi connectivity index (χ0n) is 12.5. The Kier molecular flexibility index (Phi) is 4.95. The van der Waals surface area contributed by atoms with E-state index in [4.69, 9.17) is 5.14 Å². The van der Waals surface area contributed by atoms with Crippen LogP contribution < -0.4 is 10.5 Å². The third-order valence-electron chi connectivity index (χ3n) is 3.60. The molecule has 0 amide bonds. The smallest absolute Gasteiger partial charge is 0.238 e. The maximum Gasteiger partial charge on any atom is 0.238 e. The predicted octanol–water partition coefficient (Wildman–Crippen LogP) is 2.63. The summed E-state index contributed by atoms with van der Waals surface area (Å²) in [5.41, 5.74) is 2.68. The highest BCUT2D eigenvalue weighted by Crippen LogP contribution is 2.18. The Bertz CT molecular complexity index is 775. The molecular formula is C16H19FN2O2S. The van der Waals surface area contributed by atoms with Gasteiger partial charge in [-0.05, 0) is 54.8 Å². The molecule has 2 rings (SSSR count). The normalized spacial score (nSPS) is 13.1. The summed E-state index contributed by atoms with van der Waals surface area (Å²) in [6, 6.07) is 11.1. The zero-order chi connectivity index (χ0) is 16.3. The number of aryl methyl sites for hydroxylation is 1. The van der Waals surface area contributed by atoms with Gasteiger partial charge in [0.1, 0.15) is 5.82 Å². The molecule has 0 unspecified atom stereocenters. The minimum Gasteiger partial charge on any atom is -0.306 e. The lowest BCUT2D eigenvalue weighted by Gasteiger charge is -2.16. The van der Waals surface area contributed by atoms with Gasteiger partial charge in [-0.3, -0.25) is 0 Å². The average Bonchev–Trinajstić information content (AvgIpc) is 2.47. The fourth-order valence-corrected chi connectivity index (χ4v) is 2.74. The maximum absolute atomic E-state index is 13.3. The number of hydrogen-bond acceptors (Lipinski definition) is 3. The van der Waals surface area contributed by atoms with Gasteiger partial charge in [0.25, 0.3) is 0 Å². The topological polar surface area (TPSA) is 72.2 Å². The molecule has 0 bridgehead atoms. The van der Waals surface area contributed by atoms with Crippen LogP contribution in [0.1, 0.15) is 29.7 Å². The summed E-state index contributed by atoms with van der Waals surface area (Å²) in [6.07, 6.45) is 0. The first-order valence-corrected chi connectivity index (χ1v) is 8.43. The minimum atomic E-state index is -3.72. The van der Waals surface area contributed by atoms with Crippen LogP contribution in [0.5, 0.6) is 0 Å². The van der Waals surface area contributed by atoms with Crippen molar-refractivity contribution >= 4 is 10.0 Å². The van der Waals surface area contributed by atoms with Crippen LogP contribution in [0.4, 0.5) is 4.39 Å². The Hall–Kier alpha value is -1.76. The van der Waals surface area contributed by atoms with Gasteiger partial charge in [0.2, 0.25) is 10.0 Å². The molecule has 118 valence electrons. The molecule has 0 aliphatic heterocycles. The number of nitrogens with two attached hydrogens (primary N) is 1. The van der Waals surface area contributed by atoms with Crippen molar-refractivity contribution in [3.8, 4) is 0 Å². The molecule has 0 aliphatic carbocycles. The van der Waals surface area contributed by atoms with Crippen LogP contribution in [-0.4, -0.2) is 8.42 Å². The maximum atomic E-state index is 13.3. The molecule has 0 saturated carbocycles. The van der Waals surface area contributed by atoms with Gasteiger partial charge in [-0.1, -0.05) is 18.2 Å². The van der Waals surface area contributed by atoms with E-state index in [1.165, 1.54) is 18.2 Å². The molecule has 0 fully saturated rings. The second kappa shape index (κ2) is 6.56. The number of rotatable bonds is 5. The lowest BCUT2D eigenvalue weighted by atomic mass is 10.1. The largest absolute Gasteiger partial charge is 0.306 e. The molecule has 0 spiro atoms. The first kappa shape index (κ1) is 16.6. The minimum absolute atomic E-state index is 0.0839. The standard InChI is InChI=1S/C16H19FN2O2S/c1-11-6-7-15(17)8-14(11)10-19-12(2)13-4-3-5-16(9-13)22(18,20)21/h3-9,12,19H,10H2,1-2H3,(H2,18,20,21)/t12-/m0/s1. The van der Waals surface area contributed by atoms with E-state index in [0.29, 0.717) is 6.54 Å². The summed E-state index contributed by atoms with van der Waals surface area (Å²) >= 11 is 0.